The Morgan fingerprint density at radius 1 is 1.11 bits per heavy atom. The number of thiocarbonyl (C=S) groups is 1. The Bertz CT molecular complexity index is 946. The molecule has 28 heavy (non-hydrogen) atoms. The summed E-state index contributed by atoms with van der Waals surface area (Å²) in [6.07, 6.45) is 7.25. The molecule has 2 atom stereocenters. The third-order valence-corrected chi connectivity index (χ3v) is 5.71. The molecular weight excluding hydrogens is 364 g/mol. The van der Waals surface area contributed by atoms with Crippen LogP contribution in [0.3, 0.4) is 0 Å². The van der Waals surface area contributed by atoms with Gasteiger partial charge in [0.05, 0.1) is 17.8 Å². The largest absolute Gasteiger partial charge is 0.351 e. The van der Waals surface area contributed by atoms with Gasteiger partial charge < -0.3 is 14.8 Å². The highest BCUT2D eigenvalue weighted by Crippen LogP contribution is 2.41. The van der Waals surface area contributed by atoms with Crippen molar-refractivity contribution in [2.75, 3.05) is 4.90 Å². The van der Waals surface area contributed by atoms with Gasteiger partial charge in [-0.05, 0) is 73.9 Å². The van der Waals surface area contributed by atoms with E-state index < -0.39 is 0 Å². The second kappa shape index (κ2) is 7.76. The predicted molar refractivity (Wildman–Crippen MR) is 119 cm³/mol. The summed E-state index contributed by atoms with van der Waals surface area (Å²) < 4.78 is 2.24. The lowest BCUT2D eigenvalue weighted by Gasteiger charge is -2.27. The van der Waals surface area contributed by atoms with E-state index in [9.17, 15) is 0 Å². The number of hydrogen-bond donors (Lipinski definition) is 1. The molecule has 144 valence electrons. The molecule has 0 unspecified atom stereocenters. The SMILES string of the molecule is CCc1ccc(N2C(=S)N[C@H](c3ccccn3)[C@H]2c2ccn(C(C)C)c2)cc1. The lowest BCUT2D eigenvalue weighted by Crippen LogP contribution is -2.29. The van der Waals surface area contributed by atoms with Crippen molar-refractivity contribution >= 4 is 23.0 Å². The zero-order valence-corrected chi connectivity index (χ0v) is 17.4. The van der Waals surface area contributed by atoms with Gasteiger partial charge in [-0.2, -0.15) is 0 Å². The number of pyridine rings is 1. The van der Waals surface area contributed by atoms with Crippen LogP contribution >= 0.6 is 12.2 Å². The molecule has 0 spiro atoms. The maximum absolute atomic E-state index is 5.78. The van der Waals surface area contributed by atoms with E-state index in [-0.39, 0.29) is 12.1 Å². The molecule has 1 aliphatic heterocycles. The maximum Gasteiger partial charge on any atom is 0.174 e. The van der Waals surface area contributed by atoms with Gasteiger partial charge in [0.2, 0.25) is 0 Å². The Morgan fingerprint density at radius 3 is 2.50 bits per heavy atom. The normalized spacial score (nSPS) is 19.3. The van der Waals surface area contributed by atoms with Crippen molar-refractivity contribution in [3.05, 3.63) is 83.9 Å². The number of nitrogens with one attached hydrogen (secondary N) is 1. The number of aryl methyl sites for hydroxylation is 1. The lowest BCUT2D eigenvalue weighted by molar-refractivity contribution is 0.560. The van der Waals surface area contributed by atoms with Crippen LogP contribution in [0.4, 0.5) is 5.69 Å². The quantitative estimate of drug-likeness (QED) is 0.607. The van der Waals surface area contributed by atoms with Crippen LogP contribution in [0.15, 0.2) is 67.1 Å². The predicted octanol–water partition coefficient (Wildman–Crippen LogP) is 5.20. The van der Waals surface area contributed by atoms with Crippen molar-refractivity contribution in [3.8, 4) is 0 Å². The second-order valence-corrected chi connectivity index (χ2v) is 7.89. The molecule has 5 heteroatoms. The number of rotatable bonds is 5. The molecule has 2 aromatic heterocycles. The van der Waals surface area contributed by atoms with Gasteiger partial charge in [-0.1, -0.05) is 25.1 Å². The first-order valence-corrected chi connectivity index (χ1v) is 10.3. The van der Waals surface area contributed by atoms with Gasteiger partial charge in [0.25, 0.3) is 0 Å². The number of hydrogen-bond acceptors (Lipinski definition) is 2. The molecule has 3 heterocycles. The summed E-state index contributed by atoms with van der Waals surface area (Å²) in [4.78, 5) is 6.84. The molecule has 0 saturated carbocycles. The standard InChI is InChI=1S/C23H26N4S/c1-4-17-8-10-19(11-9-17)27-22(18-12-14-26(15-18)16(2)3)21(25-23(27)28)20-7-5-6-13-24-20/h5-16,21-22H,4H2,1-3H3,(H,25,28)/t21-,22-/m1/s1. The Hall–Kier alpha value is -2.66. The molecular formula is C23H26N4S. The van der Waals surface area contributed by atoms with E-state index in [4.69, 9.17) is 12.2 Å². The van der Waals surface area contributed by atoms with Crippen molar-refractivity contribution in [2.45, 2.75) is 45.3 Å². The number of nitrogens with zero attached hydrogens (tertiary/aromatic N) is 3. The molecule has 1 aliphatic rings. The Kier molecular flexibility index (Phi) is 5.18. The van der Waals surface area contributed by atoms with E-state index in [0.717, 1.165) is 22.9 Å². The minimum Gasteiger partial charge on any atom is -0.351 e. The molecule has 1 aromatic carbocycles. The van der Waals surface area contributed by atoms with Gasteiger partial charge >= 0.3 is 0 Å². The summed E-state index contributed by atoms with van der Waals surface area (Å²) in [5, 5.41) is 4.26. The molecule has 0 radical (unpaired) electrons. The van der Waals surface area contributed by atoms with Crippen LogP contribution in [-0.4, -0.2) is 14.7 Å². The van der Waals surface area contributed by atoms with Crippen LogP contribution in [0.25, 0.3) is 0 Å². The Morgan fingerprint density at radius 2 is 1.89 bits per heavy atom. The van der Waals surface area contributed by atoms with Gasteiger partial charge in [0, 0.05) is 30.3 Å². The van der Waals surface area contributed by atoms with E-state index in [0.29, 0.717) is 6.04 Å². The van der Waals surface area contributed by atoms with E-state index in [1.807, 2.05) is 18.3 Å². The minimum absolute atomic E-state index is 0.00237. The summed E-state index contributed by atoms with van der Waals surface area (Å²) in [5.74, 6) is 0. The van der Waals surface area contributed by atoms with Gasteiger partial charge in [0.1, 0.15) is 0 Å². The Balaban J connectivity index is 1.79. The first-order valence-electron chi connectivity index (χ1n) is 9.85. The van der Waals surface area contributed by atoms with Crippen molar-refractivity contribution < 1.29 is 0 Å². The third-order valence-electron chi connectivity index (χ3n) is 5.40. The molecule has 0 aliphatic carbocycles. The average Bonchev–Trinajstić information content (AvgIpc) is 3.33. The summed E-state index contributed by atoms with van der Waals surface area (Å²) in [5.41, 5.74) is 4.66. The summed E-state index contributed by atoms with van der Waals surface area (Å²) in [6, 6.07) is 17.4. The van der Waals surface area contributed by atoms with Crippen molar-refractivity contribution in [2.24, 2.45) is 0 Å². The van der Waals surface area contributed by atoms with Crippen molar-refractivity contribution in [3.63, 3.8) is 0 Å². The first-order chi connectivity index (χ1) is 13.6. The molecule has 3 aromatic rings. The fourth-order valence-corrected chi connectivity index (χ4v) is 4.14. The third kappa shape index (κ3) is 3.42. The van der Waals surface area contributed by atoms with Crippen molar-refractivity contribution in [1.29, 1.82) is 0 Å². The maximum atomic E-state index is 5.78. The summed E-state index contributed by atoms with van der Waals surface area (Å²) >= 11 is 5.78. The fourth-order valence-electron chi connectivity index (χ4n) is 3.79. The van der Waals surface area contributed by atoms with E-state index >= 15 is 0 Å². The van der Waals surface area contributed by atoms with Gasteiger partial charge in [-0.25, -0.2) is 0 Å². The topological polar surface area (TPSA) is 33.1 Å². The van der Waals surface area contributed by atoms with Crippen molar-refractivity contribution in [1.82, 2.24) is 14.9 Å². The smallest absolute Gasteiger partial charge is 0.174 e. The second-order valence-electron chi connectivity index (χ2n) is 7.50. The van der Waals surface area contributed by atoms with Crippen LogP contribution in [-0.2, 0) is 6.42 Å². The highest BCUT2D eigenvalue weighted by atomic mass is 32.1. The van der Waals surface area contributed by atoms with Crippen LogP contribution in [0, 0.1) is 0 Å². The molecule has 1 N–H and O–H groups in total. The fraction of sp³-hybridized carbons (Fsp3) is 0.304. The zero-order chi connectivity index (χ0) is 19.7. The van der Waals surface area contributed by atoms with E-state index in [1.54, 1.807) is 0 Å². The van der Waals surface area contributed by atoms with E-state index in [1.165, 1.54) is 11.1 Å². The molecule has 1 saturated heterocycles. The molecule has 4 nitrogen and oxygen atoms in total. The number of aromatic nitrogens is 2. The zero-order valence-electron chi connectivity index (χ0n) is 16.5. The number of benzene rings is 1. The average molecular weight is 391 g/mol. The van der Waals surface area contributed by atoms with Crippen LogP contribution in [0.5, 0.6) is 0 Å². The molecule has 4 rings (SSSR count). The highest BCUT2D eigenvalue weighted by molar-refractivity contribution is 7.80. The molecule has 1 fully saturated rings. The minimum atomic E-state index is 0.00237. The van der Waals surface area contributed by atoms with Crippen LogP contribution < -0.4 is 10.2 Å². The van der Waals surface area contributed by atoms with Gasteiger partial charge in [-0.3, -0.25) is 4.98 Å². The lowest BCUT2D eigenvalue weighted by atomic mass is 9.98. The monoisotopic (exact) mass is 390 g/mol. The van der Waals surface area contributed by atoms with Gasteiger partial charge in [-0.15, -0.1) is 0 Å². The summed E-state index contributed by atoms with van der Waals surface area (Å²) in [7, 11) is 0. The van der Waals surface area contributed by atoms with Crippen LogP contribution in [0.2, 0.25) is 0 Å². The molecule has 0 bridgehead atoms. The summed E-state index contributed by atoms with van der Waals surface area (Å²) in [6.45, 7) is 6.56. The van der Waals surface area contributed by atoms with Crippen LogP contribution in [0.1, 0.15) is 55.7 Å². The highest BCUT2D eigenvalue weighted by Gasteiger charge is 2.41. The number of anilines is 1. The van der Waals surface area contributed by atoms with Gasteiger partial charge in [0.15, 0.2) is 5.11 Å². The van der Waals surface area contributed by atoms with E-state index in [2.05, 4.69) is 89.3 Å². The Labute approximate surface area is 172 Å². The first kappa shape index (κ1) is 18.7. The molecule has 0 amide bonds.